The van der Waals surface area contributed by atoms with Crippen LogP contribution in [0.15, 0.2) is 12.1 Å². The van der Waals surface area contributed by atoms with E-state index in [-0.39, 0.29) is 31.8 Å². The molecule has 4 heterocycles. The van der Waals surface area contributed by atoms with E-state index in [1.54, 1.807) is 12.1 Å². The van der Waals surface area contributed by atoms with E-state index in [4.69, 9.17) is 25.1 Å². The molecule has 5 N–H and O–H groups in total. The zero-order valence-corrected chi connectivity index (χ0v) is 21.7. The molecule has 2 amide bonds. The minimum absolute atomic E-state index is 0.0477. The quantitative estimate of drug-likeness (QED) is 0.327. The first kappa shape index (κ1) is 26.1. The third kappa shape index (κ3) is 5.52. The van der Waals surface area contributed by atoms with Crippen molar-refractivity contribution in [2.45, 2.75) is 45.3 Å². The maximum Gasteiger partial charge on any atom is 0.415 e. The van der Waals surface area contributed by atoms with Crippen LogP contribution in [0, 0.1) is 19.8 Å². The van der Waals surface area contributed by atoms with Crippen LogP contribution in [0.1, 0.15) is 28.8 Å². The van der Waals surface area contributed by atoms with Crippen molar-refractivity contribution in [3.05, 3.63) is 34.5 Å². The summed E-state index contributed by atoms with van der Waals surface area (Å²) in [5, 5.41) is 15.3. The zero-order chi connectivity index (χ0) is 26.8. The van der Waals surface area contributed by atoms with Gasteiger partial charge in [-0.15, -0.1) is 0 Å². The largest absolute Gasteiger partial charge is 0.480 e. The predicted octanol–water partition coefficient (Wildman–Crippen LogP) is 0.843. The van der Waals surface area contributed by atoms with Crippen LogP contribution in [0.3, 0.4) is 0 Å². The molecular weight excluding hydrogens is 492 g/mol. The molecule has 0 saturated carbocycles. The maximum atomic E-state index is 12.5. The molecule has 2 aromatic heterocycles. The number of pyridine rings is 2. The van der Waals surface area contributed by atoms with Crippen molar-refractivity contribution < 1.29 is 28.9 Å². The highest BCUT2D eigenvalue weighted by Crippen LogP contribution is 2.35. The molecule has 1 fully saturated rings. The lowest BCUT2D eigenvalue weighted by Crippen LogP contribution is -2.31. The number of nitrogens with two attached hydrogens (primary N) is 1. The van der Waals surface area contributed by atoms with Gasteiger partial charge in [-0.05, 0) is 75.4 Å². The first-order valence-electron chi connectivity index (χ1n) is 12.9. The SMILES string of the molecule is Cc1nc(OCC(N)CO)c(C)c2c1CC(CNCCC1CN(c3ccc4c(n3)NC(=O)CO4)C(=O)O1)C2. The predicted molar refractivity (Wildman–Crippen MR) is 139 cm³/mol. The Balaban J connectivity index is 1.09. The molecular formula is C26H34N6O6. The number of aromatic nitrogens is 2. The van der Waals surface area contributed by atoms with E-state index in [2.05, 4.69) is 20.6 Å². The second-order valence-corrected chi connectivity index (χ2v) is 10.1. The number of amides is 2. The van der Waals surface area contributed by atoms with E-state index >= 15 is 0 Å². The summed E-state index contributed by atoms with van der Waals surface area (Å²) >= 11 is 0. The Morgan fingerprint density at radius 3 is 2.89 bits per heavy atom. The summed E-state index contributed by atoms with van der Waals surface area (Å²) in [5.74, 6) is 1.96. The number of anilines is 2. The van der Waals surface area contributed by atoms with E-state index in [1.807, 2.05) is 13.8 Å². The molecule has 2 aliphatic heterocycles. The van der Waals surface area contributed by atoms with Crippen LogP contribution in [0.4, 0.5) is 16.4 Å². The Bertz CT molecular complexity index is 1220. The molecule has 1 aliphatic carbocycles. The average molecular weight is 527 g/mol. The van der Waals surface area contributed by atoms with Crippen LogP contribution in [0.2, 0.25) is 0 Å². The van der Waals surface area contributed by atoms with Crippen molar-refractivity contribution >= 4 is 23.6 Å². The van der Waals surface area contributed by atoms with E-state index < -0.39 is 12.1 Å². The monoisotopic (exact) mass is 526 g/mol. The second kappa shape index (κ2) is 11.1. The molecule has 12 heteroatoms. The number of aryl methyl sites for hydroxylation is 1. The second-order valence-electron chi connectivity index (χ2n) is 10.1. The number of carbonyl (C=O) groups excluding carboxylic acids is 2. The third-order valence-electron chi connectivity index (χ3n) is 7.18. The Labute approximate surface area is 220 Å². The minimum Gasteiger partial charge on any atom is -0.480 e. The summed E-state index contributed by atoms with van der Waals surface area (Å²) in [4.78, 5) is 34.5. The summed E-state index contributed by atoms with van der Waals surface area (Å²) in [6.07, 6.45) is 1.87. The molecule has 0 radical (unpaired) electrons. The van der Waals surface area contributed by atoms with Crippen LogP contribution >= 0.6 is 0 Å². The fourth-order valence-electron chi connectivity index (χ4n) is 5.13. The van der Waals surface area contributed by atoms with E-state index in [0.717, 1.165) is 30.6 Å². The minimum atomic E-state index is -0.451. The number of cyclic esters (lactones) is 1. The number of hydrogen-bond donors (Lipinski definition) is 4. The lowest BCUT2D eigenvalue weighted by atomic mass is 10.0. The van der Waals surface area contributed by atoms with Crippen LogP contribution < -0.4 is 30.7 Å². The molecule has 1 saturated heterocycles. The van der Waals surface area contributed by atoms with Gasteiger partial charge in [-0.2, -0.15) is 0 Å². The van der Waals surface area contributed by atoms with Gasteiger partial charge in [-0.1, -0.05) is 0 Å². The molecule has 3 aliphatic rings. The van der Waals surface area contributed by atoms with Crippen molar-refractivity contribution in [2.75, 3.05) is 49.7 Å². The summed E-state index contributed by atoms with van der Waals surface area (Å²) in [5.41, 5.74) is 10.4. The van der Waals surface area contributed by atoms with Gasteiger partial charge < -0.3 is 35.7 Å². The highest BCUT2D eigenvalue weighted by molar-refractivity contribution is 5.95. The van der Waals surface area contributed by atoms with E-state index in [1.165, 1.54) is 16.0 Å². The van der Waals surface area contributed by atoms with Gasteiger partial charge in [-0.3, -0.25) is 9.69 Å². The first-order chi connectivity index (χ1) is 18.3. The normalized spacial score (nSPS) is 20.9. The Morgan fingerprint density at radius 1 is 1.26 bits per heavy atom. The maximum absolute atomic E-state index is 12.5. The lowest BCUT2D eigenvalue weighted by Gasteiger charge is -2.19. The average Bonchev–Trinajstić information content (AvgIpc) is 3.51. The van der Waals surface area contributed by atoms with Crippen molar-refractivity contribution in [3.63, 3.8) is 0 Å². The molecule has 0 aromatic carbocycles. The number of fused-ring (bicyclic) bond motifs is 2. The molecule has 0 spiro atoms. The van der Waals surface area contributed by atoms with Gasteiger partial charge in [0.05, 0.1) is 19.2 Å². The zero-order valence-electron chi connectivity index (χ0n) is 21.7. The van der Waals surface area contributed by atoms with Crippen molar-refractivity contribution in [1.82, 2.24) is 15.3 Å². The van der Waals surface area contributed by atoms with E-state index in [0.29, 0.717) is 48.7 Å². The first-order valence-corrected chi connectivity index (χ1v) is 12.9. The van der Waals surface area contributed by atoms with Crippen molar-refractivity contribution in [2.24, 2.45) is 11.7 Å². The van der Waals surface area contributed by atoms with Crippen molar-refractivity contribution in [3.8, 4) is 11.6 Å². The van der Waals surface area contributed by atoms with Gasteiger partial charge in [-0.25, -0.2) is 14.8 Å². The fourth-order valence-corrected chi connectivity index (χ4v) is 5.13. The van der Waals surface area contributed by atoms with Gasteiger partial charge >= 0.3 is 6.09 Å². The number of ether oxygens (including phenoxy) is 3. The number of aliphatic hydroxyl groups excluding tert-OH is 1. The highest BCUT2D eigenvalue weighted by Gasteiger charge is 2.34. The standard InChI is InChI=1S/C26H34N6O6/c1-14-19-7-16(8-20(19)15(2)29-25(14)37-12-17(27)11-33)9-28-6-5-18-10-32(26(35)38-18)22-4-3-21-24(30-22)31-23(34)13-36-21/h3-4,16-18,28,33H,5-13,27H2,1-2H3,(H,30,31,34). The fraction of sp³-hybridized carbons (Fsp3) is 0.538. The summed E-state index contributed by atoms with van der Waals surface area (Å²) in [6.45, 7) is 6.03. The lowest BCUT2D eigenvalue weighted by molar-refractivity contribution is -0.118. The van der Waals surface area contributed by atoms with Crippen LogP contribution in [-0.4, -0.2) is 78.7 Å². The number of rotatable bonds is 10. The third-order valence-corrected chi connectivity index (χ3v) is 7.18. The van der Waals surface area contributed by atoms with Crippen molar-refractivity contribution in [1.29, 1.82) is 0 Å². The number of nitrogens with zero attached hydrogens (tertiary/aromatic N) is 3. The van der Waals surface area contributed by atoms with Gasteiger partial charge in [0.15, 0.2) is 18.2 Å². The van der Waals surface area contributed by atoms with Crippen LogP contribution in [0.25, 0.3) is 0 Å². The summed E-state index contributed by atoms with van der Waals surface area (Å²) in [7, 11) is 0. The molecule has 12 nitrogen and oxygen atoms in total. The molecule has 0 bridgehead atoms. The van der Waals surface area contributed by atoms with E-state index in [9.17, 15) is 9.59 Å². The number of hydrogen-bond acceptors (Lipinski definition) is 10. The Kier molecular flexibility index (Phi) is 7.63. The molecule has 3 unspecified atom stereocenters. The van der Waals surface area contributed by atoms with Crippen LogP contribution in [0.5, 0.6) is 11.6 Å². The van der Waals surface area contributed by atoms with Gasteiger partial charge in [0.1, 0.15) is 18.5 Å². The van der Waals surface area contributed by atoms with Gasteiger partial charge in [0.2, 0.25) is 5.88 Å². The smallest absolute Gasteiger partial charge is 0.415 e. The molecule has 2 aromatic rings. The summed E-state index contributed by atoms with van der Waals surface area (Å²) < 4.78 is 16.7. The van der Waals surface area contributed by atoms with Gasteiger partial charge in [0.25, 0.3) is 5.91 Å². The number of carbonyl (C=O) groups is 2. The number of nitrogens with one attached hydrogen (secondary N) is 2. The van der Waals surface area contributed by atoms with Crippen LogP contribution in [-0.2, 0) is 22.4 Å². The highest BCUT2D eigenvalue weighted by atomic mass is 16.6. The Morgan fingerprint density at radius 2 is 2.08 bits per heavy atom. The molecule has 3 atom stereocenters. The topological polar surface area (TPSA) is 161 Å². The Hall–Kier alpha value is -3.48. The molecule has 38 heavy (non-hydrogen) atoms. The molecule has 204 valence electrons. The number of aliphatic hydroxyl groups is 1. The molecule has 5 rings (SSSR count). The van der Waals surface area contributed by atoms with Gasteiger partial charge in [0, 0.05) is 11.3 Å². The summed E-state index contributed by atoms with van der Waals surface area (Å²) in [6, 6.07) is 2.95.